The normalized spacial score (nSPS) is 10.6. The molecule has 1 heterocycles. The van der Waals surface area contributed by atoms with Crippen molar-refractivity contribution in [2.24, 2.45) is 5.73 Å². The predicted molar refractivity (Wildman–Crippen MR) is 88.3 cm³/mol. The number of phenolic OH excluding ortho intramolecular Hbond substituents is 1. The van der Waals surface area contributed by atoms with Crippen LogP contribution in [0.25, 0.3) is 11.0 Å². The molecule has 5 N–H and O–H groups in total. The number of ether oxygens (including phenoxy) is 1. The molecule has 0 spiro atoms. The smallest absolute Gasteiger partial charge is 0.251 e. The van der Waals surface area contributed by atoms with Crippen LogP contribution in [0.15, 0.2) is 36.4 Å². The zero-order valence-electron chi connectivity index (χ0n) is 13.0. The van der Waals surface area contributed by atoms with E-state index in [0.717, 1.165) is 0 Å². The number of amides is 2. The highest BCUT2D eigenvalue weighted by Crippen LogP contribution is 2.26. The van der Waals surface area contributed by atoms with E-state index in [1.807, 2.05) is 0 Å². The molecule has 0 fully saturated rings. The first-order valence-corrected chi connectivity index (χ1v) is 7.39. The van der Waals surface area contributed by atoms with Gasteiger partial charge in [0, 0.05) is 11.1 Å². The van der Waals surface area contributed by atoms with E-state index < -0.39 is 5.91 Å². The third kappa shape index (κ3) is 3.66. The molecule has 25 heavy (non-hydrogen) atoms. The second kappa shape index (κ2) is 6.87. The second-order valence-electron chi connectivity index (χ2n) is 5.18. The largest absolute Gasteiger partial charge is 0.504 e. The van der Waals surface area contributed by atoms with Crippen molar-refractivity contribution in [1.29, 1.82) is 0 Å². The van der Waals surface area contributed by atoms with Gasteiger partial charge in [-0.1, -0.05) is 0 Å². The van der Waals surface area contributed by atoms with Crippen LogP contribution in [0.2, 0.25) is 0 Å². The summed E-state index contributed by atoms with van der Waals surface area (Å²) in [6.45, 7) is 0.369. The van der Waals surface area contributed by atoms with Crippen LogP contribution < -0.4 is 15.8 Å². The molecule has 0 saturated carbocycles. The Hall–Kier alpha value is -3.62. The number of benzene rings is 2. The van der Waals surface area contributed by atoms with E-state index in [1.165, 1.54) is 18.2 Å². The summed E-state index contributed by atoms with van der Waals surface area (Å²) in [4.78, 5) is 23.1. The van der Waals surface area contributed by atoms with E-state index >= 15 is 0 Å². The van der Waals surface area contributed by atoms with Crippen molar-refractivity contribution in [2.75, 3.05) is 13.2 Å². The molecule has 0 atom stereocenters. The maximum Gasteiger partial charge on any atom is 0.251 e. The Morgan fingerprint density at radius 1 is 1.12 bits per heavy atom. The molecule has 128 valence electrons. The lowest BCUT2D eigenvalue weighted by Crippen LogP contribution is -2.28. The van der Waals surface area contributed by atoms with Crippen LogP contribution >= 0.6 is 0 Å². The van der Waals surface area contributed by atoms with Crippen LogP contribution in [0.5, 0.6) is 11.5 Å². The monoisotopic (exact) mass is 341 g/mol. The molecular formula is C16H15N5O4. The van der Waals surface area contributed by atoms with Crippen LogP contribution in [-0.4, -0.2) is 45.5 Å². The Labute approximate surface area is 141 Å². The first-order chi connectivity index (χ1) is 12.0. The Bertz CT molecular complexity index is 937. The highest BCUT2D eigenvalue weighted by atomic mass is 16.5. The number of rotatable bonds is 6. The van der Waals surface area contributed by atoms with E-state index in [9.17, 15) is 14.7 Å². The fraction of sp³-hybridized carbons (Fsp3) is 0.125. The minimum Gasteiger partial charge on any atom is -0.504 e. The number of hydrogen-bond donors (Lipinski definition) is 4. The SMILES string of the molecule is NC(=O)c1ccc(OCCNC(=O)c2ccc3n[nH]nc3c2)c(O)c1. The lowest BCUT2D eigenvalue weighted by Gasteiger charge is -2.09. The number of aromatic nitrogens is 3. The topological polar surface area (TPSA) is 143 Å². The first kappa shape index (κ1) is 16.2. The van der Waals surface area contributed by atoms with Gasteiger partial charge in [0.15, 0.2) is 11.5 Å². The van der Waals surface area contributed by atoms with Gasteiger partial charge in [0.05, 0.1) is 6.54 Å². The van der Waals surface area contributed by atoms with E-state index in [0.29, 0.717) is 16.6 Å². The molecule has 3 rings (SSSR count). The summed E-state index contributed by atoms with van der Waals surface area (Å²) in [7, 11) is 0. The molecule has 0 aliphatic heterocycles. The summed E-state index contributed by atoms with van der Waals surface area (Å²) in [6, 6.07) is 9.09. The average molecular weight is 341 g/mol. The van der Waals surface area contributed by atoms with E-state index in [2.05, 4.69) is 20.7 Å². The lowest BCUT2D eigenvalue weighted by molar-refractivity contribution is 0.0945. The summed E-state index contributed by atoms with van der Waals surface area (Å²) in [5, 5.41) is 22.8. The number of H-pyrrole nitrogens is 1. The summed E-state index contributed by atoms with van der Waals surface area (Å²) in [6.07, 6.45) is 0. The first-order valence-electron chi connectivity index (χ1n) is 7.39. The molecule has 0 radical (unpaired) electrons. The fourth-order valence-corrected chi connectivity index (χ4v) is 2.20. The number of hydrogen-bond acceptors (Lipinski definition) is 6. The number of nitrogens with one attached hydrogen (secondary N) is 2. The lowest BCUT2D eigenvalue weighted by atomic mass is 10.2. The fourth-order valence-electron chi connectivity index (χ4n) is 2.20. The minimum absolute atomic E-state index is 0.140. The van der Waals surface area contributed by atoms with Crippen LogP contribution in [0.1, 0.15) is 20.7 Å². The average Bonchev–Trinajstić information content (AvgIpc) is 3.07. The maximum atomic E-state index is 12.1. The molecule has 1 aromatic heterocycles. The third-order valence-corrected chi connectivity index (χ3v) is 3.47. The van der Waals surface area contributed by atoms with Gasteiger partial charge >= 0.3 is 0 Å². The molecule has 2 aromatic carbocycles. The van der Waals surface area contributed by atoms with E-state index in [-0.39, 0.29) is 36.1 Å². The van der Waals surface area contributed by atoms with Crippen molar-refractivity contribution in [3.63, 3.8) is 0 Å². The Kier molecular flexibility index (Phi) is 4.46. The molecule has 0 unspecified atom stereocenters. The Morgan fingerprint density at radius 3 is 2.64 bits per heavy atom. The van der Waals surface area contributed by atoms with Gasteiger partial charge in [-0.25, -0.2) is 0 Å². The molecule has 0 saturated heterocycles. The van der Waals surface area contributed by atoms with Gasteiger partial charge in [-0.2, -0.15) is 15.4 Å². The second-order valence-corrected chi connectivity index (χ2v) is 5.18. The zero-order chi connectivity index (χ0) is 17.8. The van der Waals surface area contributed by atoms with Gasteiger partial charge in [0.1, 0.15) is 17.6 Å². The summed E-state index contributed by atoms with van der Waals surface area (Å²) in [5.74, 6) is -0.914. The molecule has 0 bridgehead atoms. The summed E-state index contributed by atoms with van der Waals surface area (Å²) < 4.78 is 5.37. The molecule has 0 aliphatic rings. The van der Waals surface area contributed by atoms with Crippen molar-refractivity contribution >= 4 is 22.8 Å². The number of phenols is 1. The number of carbonyl (C=O) groups is 2. The Morgan fingerprint density at radius 2 is 1.88 bits per heavy atom. The third-order valence-electron chi connectivity index (χ3n) is 3.47. The summed E-state index contributed by atoms with van der Waals surface area (Å²) in [5.41, 5.74) is 7.03. The number of nitrogens with two attached hydrogens (primary N) is 1. The van der Waals surface area contributed by atoms with Gasteiger partial charge in [-0.3, -0.25) is 9.59 Å². The molecule has 9 heteroatoms. The van der Waals surface area contributed by atoms with E-state index in [1.54, 1.807) is 18.2 Å². The number of nitrogens with zero attached hydrogens (tertiary/aromatic N) is 2. The molecule has 2 amide bonds. The number of aromatic amines is 1. The van der Waals surface area contributed by atoms with Crippen LogP contribution in [0.4, 0.5) is 0 Å². The number of fused-ring (bicyclic) bond motifs is 1. The van der Waals surface area contributed by atoms with E-state index in [4.69, 9.17) is 10.5 Å². The van der Waals surface area contributed by atoms with Crippen molar-refractivity contribution in [2.45, 2.75) is 0 Å². The van der Waals surface area contributed by atoms with Gasteiger partial charge in [0.2, 0.25) is 5.91 Å². The Balaban J connectivity index is 1.52. The molecule has 3 aromatic rings. The van der Waals surface area contributed by atoms with Crippen molar-refractivity contribution in [3.05, 3.63) is 47.5 Å². The number of carbonyl (C=O) groups excluding carboxylic acids is 2. The molecule has 0 aliphatic carbocycles. The van der Waals surface area contributed by atoms with Crippen molar-refractivity contribution in [3.8, 4) is 11.5 Å². The van der Waals surface area contributed by atoms with Crippen molar-refractivity contribution in [1.82, 2.24) is 20.7 Å². The van der Waals surface area contributed by atoms with Gasteiger partial charge in [-0.15, -0.1) is 0 Å². The van der Waals surface area contributed by atoms with Crippen molar-refractivity contribution < 1.29 is 19.4 Å². The zero-order valence-corrected chi connectivity index (χ0v) is 13.0. The number of primary amides is 1. The minimum atomic E-state index is -0.641. The quantitative estimate of drug-likeness (QED) is 0.483. The molecule has 9 nitrogen and oxygen atoms in total. The van der Waals surface area contributed by atoms with Crippen LogP contribution in [0.3, 0.4) is 0 Å². The number of aromatic hydroxyl groups is 1. The van der Waals surface area contributed by atoms with Gasteiger partial charge in [-0.05, 0) is 36.4 Å². The summed E-state index contributed by atoms with van der Waals surface area (Å²) >= 11 is 0. The van der Waals surface area contributed by atoms with Crippen LogP contribution in [0, 0.1) is 0 Å². The van der Waals surface area contributed by atoms with Gasteiger partial charge < -0.3 is 20.9 Å². The van der Waals surface area contributed by atoms with Crippen LogP contribution in [-0.2, 0) is 0 Å². The highest BCUT2D eigenvalue weighted by Gasteiger charge is 2.09. The molecular weight excluding hydrogens is 326 g/mol. The standard InChI is InChI=1S/C16H15N5O4/c17-15(23)9-2-4-14(13(22)8-9)25-6-5-18-16(24)10-1-3-11-12(7-10)20-21-19-11/h1-4,7-8,22H,5-6H2,(H2,17,23)(H,18,24)(H,19,20,21). The predicted octanol–water partition coefficient (Wildman–Crippen LogP) is 0.571. The highest BCUT2D eigenvalue weighted by molar-refractivity contribution is 5.97. The maximum absolute atomic E-state index is 12.1. The van der Waals surface area contributed by atoms with Gasteiger partial charge in [0.25, 0.3) is 5.91 Å².